The first-order valence-corrected chi connectivity index (χ1v) is 5.17. The van der Waals surface area contributed by atoms with E-state index in [9.17, 15) is 9.59 Å². The van der Waals surface area contributed by atoms with Gasteiger partial charge in [0.05, 0.1) is 5.54 Å². The third kappa shape index (κ3) is 4.29. The van der Waals surface area contributed by atoms with Gasteiger partial charge in [0.25, 0.3) is 0 Å². The van der Waals surface area contributed by atoms with E-state index in [-0.39, 0.29) is 0 Å². The Kier molecular flexibility index (Phi) is 5.28. The van der Waals surface area contributed by atoms with Crippen LogP contribution in [-0.4, -0.2) is 28.6 Å². The molecule has 0 saturated carbocycles. The van der Waals surface area contributed by atoms with Crippen LogP contribution in [-0.2, 0) is 9.59 Å². The summed E-state index contributed by atoms with van der Waals surface area (Å²) in [5.41, 5.74) is 4.70. The van der Waals surface area contributed by atoms with Gasteiger partial charge in [0.1, 0.15) is 6.04 Å². The Hall–Kier alpha value is -1.10. The molecule has 5 heteroatoms. The molecule has 0 bridgehead atoms. The van der Waals surface area contributed by atoms with Gasteiger partial charge < -0.3 is 16.2 Å². The fourth-order valence-corrected chi connectivity index (χ4v) is 1.03. The summed E-state index contributed by atoms with van der Waals surface area (Å²) in [4.78, 5) is 22.4. The number of carbonyl (C=O) groups excluding carboxylic acids is 1. The molecule has 0 aliphatic heterocycles. The van der Waals surface area contributed by atoms with Crippen LogP contribution in [0.15, 0.2) is 0 Å². The fraction of sp³-hybridized carbons (Fsp3) is 0.800. The number of nitrogens with one attached hydrogen (secondary N) is 1. The number of carbonyl (C=O) groups is 2. The topological polar surface area (TPSA) is 92.4 Å². The highest BCUT2D eigenvalue weighted by molar-refractivity contribution is 5.89. The number of hydrogen-bond donors (Lipinski definition) is 3. The number of carboxylic acids is 1. The Morgan fingerprint density at radius 1 is 1.47 bits per heavy atom. The third-order valence-corrected chi connectivity index (χ3v) is 2.43. The summed E-state index contributed by atoms with van der Waals surface area (Å²) in [6.07, 6.45) is 1.59. The molecule has 0 aromatic rings. The van der Waals surface area contributed by atoms with Gasteiger partial charge in [-0.05, 0) is 19.8 Å². The zero-order valence-electron chi connectivity index (χ0n) is 9.54. The van der Waals surface area contributed by atoms with Crippen molar-refractivity contribution in [2.24, 2.45) is 5.73 Å². The Balaban J connectivity index is 4.41. The molecule has 5 nitrogen and oxygen atoms in total. The standard InChI is InChI=1S/C10H20N2O3/c1-4-6-7(8(13)14)12-9(15)10(3,11)5-2/h7H,4-6,11H2,1-3H3,(H,12,15)(H,13,14). The van der Waals surface area contributed by atoms with E-state index < -0.39 is 23.5 Å². The summed E-state index contributed by atoms with van der Waals surface area (Å²) >= 11 is 0. The Morgan fingerprint density at radius 3 is 2.33 bits per heavy atom. The highest BCUT2D eigenvalue weighted by Gasteiger charge is 2.29. The maximum Gasteiger partial charge on any atom is 0.326 e. The van der Waals surface area contributed by atoms with Gasteiger partial charge >= 0.3 is 5.97 Å². The average Bonchev–Trinajstić information content (AvgIpc) is 2.16. The smallest absolute Gasteiger partial charge is 0.326 e. The second-order valence-electron chi connectivity index (χ2n) is 3.92. The molecule has 0 rings (SSSR count). The van der Waals surface area contributed by atoms with Crippen molar-refractivity contribution >= 4 is 11.9 Å². The van der Waals surface area contributed by atoms with Crippen LogP contribution in [0.25, 0.3) is 0 Å². The highest BCUT2D eigenvalue weighted by atomic mass is 16.4. The van der Waals surface area contributed by atoms with Crippen molar-refractivity contribution in [2.45, 2.75) is 51.6 Å². The Morgan fingerprint density at radius 2 is 2.00 bits per heavy atom. The van der Waals surface area contributed by atoms with Crippen LogP contribution in [0.5, 0.6) is 0 Å². The zero-order valence-corrected chi connectivity index (χ0v) is 9.54. The number of nitrogens with two attached hydrogens (primary N) is 1. The van der Waals surface area contributed by atoms with Gasteiger partial charge in [0, 0.05) is 0 Å². The van der Waals surface area contributed by atoms with Gasteiger partial charge in [-0.3, -0.25) is 4.79 Å². The van der Waals surface area contributed by atoms with Crippen LogP contribution in [0.4, 0.5) is 0 Å². The van der Waals surface area contributed by atoms with Gasteiger partial charge in [-0.15, -0.1) is 0 Å². The van der Waals surface area contributed by atoms with E-state index in [4.69, 9.17) is 10.8 Å². The molecular formula is C10H20N2O3. The molecule has 0 aromatic heterocycles. The maximum absolute atomic E-state index is 11.6. The molecule has 0 heterocycles. The van der Waals surface area contributed by atoms with Gasteiger partial charge in [-0.25, -0.2) is 4.79 Å². The first kappa shape index (κ1) is 13.9. The van der Waals surface area contributed by atoms with Gasteiger partial charge in [-0.1, -0.05) is 20.3 Å². The molecule has 1 amide bonds. The third-order valence-electron chi connectivity index (χ3n) is 2.43. The molecule has 0 aliphatic carbocycles. The lowest BCUT2D eigenvalue weighted by molar-refractivity contribution is -0.142. The first-order valence-electron chi connectivity index (χ1n) is 5.17. The average molecular weight is 216 g/mol. The molecule has 15 heavy (non-hydrogen) atoms. The lowest BCUT2D eigenvalue weighted by atomic mass is 9.98. The van der Waals surface area contributed by atoms with Crippen LogP contribution in [0.3, 0.4) is 0 Å². The lowest BCUT2D eigenvalue weighted by Crippen LogP contribution is -2.55. The van der Waals surface area contributed by atoms with Crippen LogP contribution in [0.1, 0.15) is 40.0 Å². The quantitative estimate of drug-likeness (QED) is 0.602. The Bertz CT molecular complexity index is 239. The molecule has 2 atom stereocenters. The van der Waals surface area contributed by atoms with Crippen molar-refractivity contribution in [2.75, 3.05) is 0 Å². The van der Waals surface area contributed by atoms with Crippen molar-refractivity contribution in [1.82, 2.24) is 5.32 Å². The summed E-state index contributed by atoms with van der Waals surface area (Å²) in [6, 6.07) is -0.836. The summed E-state index contributed by atoms with van der Waals surface area (Å²) in [7, 11) is 0. The summed E-state index contributed by atoms with van der Waals surface area (Å²) in [5.74, 6) is -1.43. The summed E-state index contributed by atoms with van der Waals surface area (Å²) in [6.45, 7) is 5.24. The minimum atomic E-state index is -1.02. The Labute approximate surface area is 90.0 Å². The molecule has 88 valence electrons. The van der Waals surface area contributed by atoms with Crippen LogP contribution in [0, 0.1) is 0 Å². The van der Waals surface area contributed by atoms with E-state index in [1.807, 2.05) is 6.92 Å². The van der Waals surface area contributed by atoms with E-state index in [1.54, 1.807) is 13.8 Å². The molecule has 0 saturated heterocycles. The van der Waals surface area contributed by atoms with E-state index in [1.165, 1.54) is 0 Å². The van der Waals surface area contributed by atoms with Crippen molar-refractivity contribution in [3.05, 3.63) is 0 Å². The minimum absolute atomic E-state index is 0.411. The van der Waals surface area contributed by atoms with Crippen molar-refractivity contribution in [3.8, 4) is 0 Å². The van der Waals surface area contributed by atoms with Gasteiger partial charge in [-0.2, -0.15) is 0 Å². The number of carboxylic acid groups (broad SMARTS) is 1. The molecule has 0 fully saturated rings. The van der Waals surface area contributed by atoms with E-state index in [0.717, 1.165) is 0 Å². The normalized spacial score (nSPS) is 16.5. The molecule has 0 aliphatic rings. The van der Waals surface area contributed by atoms with Crippen molar-refractivity contribution < 1.29 is 14.7 Å². The van der Waals surface area contributed by atoms with E-state index in [0.29, 0.717) is 19.3 Å². The number of aliphatic carboxylic acids is 1. The minimum Gasteiger partial charge on any atom is -0.480 e. The van der Waals surface area contributed by atoms with E-state index >= 15 is 0 Å². The van der Waals surface area contributed by atoms with Crippen molar-refractivity contribution in [1.29, 1.82) is 0 Å². The fourth-order valence-electron chi connectivity index (χ4n) is 1.03. The van der Waals surface area contributed by atoms with Crippen LogP contribution < -0.4 is 11.1 Å². The monoisotopic (exact) mass is 216 g/mol. The first-order chi connectivity index (χ1) is 6.85. The second-order valence-corrected chi connectivity index (χ2v) is 3.92. The molecule has 4 N–H and O–H groups in total. The molecule has 2 unspecified atom stereocenters. The van der Waals surface area contributed by atoms with Crippen molar-refractivity contribution in [3.63, 3.8) is 0 Å². The predicted molar refractivity (Wildman–Crippen MR) is 57.4 cm³/mol. The second kappa shape index (κ2) is 5.70. The van der Waals surface area contributed by atoms with Crippen LogP contribution in [0.2, 0.25) is 0 Å². The van der Waals surface area contributed by atoms with Gasteiger partial charge in [0.15, 0.2) is 0 Å². The largest absolute Gasteiger partial charge is 0.480 e. The number of hydrogen-bond acceptors (Lipinski definition) is 3. The highest BCUT2D eigenvalue weighted by Crippen LogP contribution is 2.06. The number of rotatable bonds is 6. The lowest BCUT2D eigenvalue weighted by Gasteiger charge is -2.24. The summed E-state index contributed by atoms with van der Waals surface area (Å²) < 4.78 is 0. The zero-order chi connectivity index (χ0) is 12.1. The SMILES string of the molecule is CCCC(NC(=O)C(C)(N)CC)C(=O)O. The molecular weight excluding hydrogens is 196 g/mol. The molecule has 0 aromatic carbocycles. The van der Waals surface area contributed by atoms with Gasteiger partial charge in [0.2, 0.25) is 5.91 Å². The molecule has 0 spiro atoms. The number of amides is 1. The maximum atomic E-state index is 11.6. The van der Waals surface area contributed by atoms with E-state index in [2.05, 4.69) is 5.32 Å². The predicted octanol–water partition coefficient (Wildman–Crippen LogP) is 0.483. The molecule has 0 radical (unpaired) electrons. The summed E-state index contributed by atoms with van der Waals surface area (Å²) in [5, 5.41) is 11.3. The van der Waals surface area contributed by atoms with Crippen LogP contribution >= 0.6 is 0 Å².